The number of H-pyrrole nitrogens is 1. The molecule has 7 nitrogen and oxygen atoms in total. The van der Waals surface area contributed by atoms with Crippen molar-refractivity contribution in [2.75, 3.05) is 25.0 Å². The number of aromatic amines is 1. The number of aromatic nitrogens is 3. The number of carbonyl (C=O) groups is 1. The molecule has 4 rings (SSSR count). The van der Waals surface area contributed by atoms with Crippen molar-refractivity contribution in [1.82, 2.24) is 20.1 Å². The van der Waals surface area contributed by atoms with Gasteiger partial charge >= 0.3 is 0 Å². The van der Waals surface area contributed by atoms with E-state index in [2.05, 4.69) is 37.5 Å². The van der Waals surface area contributed by atoms with Gasteiger partial charge in [-0.15, -0.1) is 0 Å². The fourth-order valence-corrected chi connectivity index (χ4v) is 2.97. The predicted molar refractivity (Wildman–Crippen MR) is 94.0 cm³/mol. The Morgan fingerprint density at radius 3 is 3.08 bits per heavy atom. The SMILES string of the molecule is O=C(Nc1cnc2[nH]ncc2c1)C1CN(Cc2ccccc2)CCO1. The number of nitrogens with zero attached hydrogens (tertiary/aromatic N) is 3. The van der Waals surface area contributed by atoms with Crippen molar-refractivity contribution in [2.45, 2.75) is 12.6 Å². The number of anilines is 1. The first-order valence-corrected chi connectivity index (χ1v) is 8.26. The average molecular weight is 337 g/mol. The number of hydrogen-bond acceptors (Lipinski definition) is 5. The molecule has 1 aromatic carbocycles. The lowest BCUT2D eigenvalue weighted by molar-refractivity contribution is -0.133. The van der Waals surface area contributed by atoms with Crippen LogP contribution in [0.2, 0.25) is 0 Å². The van der Waals surface area contributed by atoms with Crippen LogP contribution in [0, 0.1) is 0 Å². The second-order valence-electron chi connectivity index (χ2n) is 6.10. The highest BCUT2D eigenvalue weighted by atomic mass is 16.5. The monoisotopic (exact) mass is 337 g/mol. The molecule has 7 heteroatoms. The molecule has 1 saturated heterocycles. The number of carbonyl (C=O) groups excluding carboxylic acids is 1. The van der Waals surface area contributed by atoms with Crippen LogP contribution in [0.3, 0.4) is 0 Å². The van der Waals surface area contributed by atoms with Gasteiger partial charge in [0.2, 0.25) is 0 Å². The van der Waals surface area contributed by atoms with Crippen LogP contribution in [0.25, 0.3) is 11.0 Å². The highest BCUT2D eigenvalue weighted by Gasteiger charge is 2.26. The molecular weight excluding hydrogens is 318 g/mol. The molecule has 1 fully saturated rings. The van der Waals surface area contributed by atoms with E-state index in [1.807, 2.05) is 24.3 Å². The van der Waals surface area contributed by atoms with Gasteiger partial charge in [-0.2, -0.15) is 5.10 Å². The van der Waals surface area contributed by atoms with Crippen molar-refractivity contribution in [3.8, 4) is 0 Å². The topological polar surface area (TPSA) is 83.1 Å². The summed E-state index contributed by atoms with van der Waals surface area (Å²) in [6.45, 7) is 2.75. The van der Waals surface area contributed by atoms with Gasteiger partial charge in [0.15, 0.2) is 5.65 Å². The van der Waals surface area contributed by atoms with Gasteiger partial charge in [0, 0.05) is 25.0 Å². The molecule has 2 N–H and O–H groups in total. The zero-order valence-corrected chi connectivity index (χ0v) is 13.7. The lowest BCUT2D eigenvalue weighted by atomic mass is 10.2. The van der Waals surface area contributed by atoms with Crippen LogP contribution in [-0.2, 0) is 16.1 Å². The third-order valence-corrected chi connectivity index (χ3v) is 4.25. The van der Waals surface area contributed by atoms with Crippen LogP contribution in [0.4, 0.5) is 5.69 Å². The van der Waals surface area contributed by atoms with Crippen LogP contribution in [0.5, 0.6) is 0 Å². The highest BCUT2D eigenvalue weighted by Crippen LogP contribution is 2.16. The summed E-state index contributed by atoms with van der Waals surface area (Å²) in [6, 6.07) is 12.1. The zero-order chi connectivity index (χ0) is 17.1. The molecule has 0 bridgehead atoms. The number of ether oxygens (including phenoxy) is 1. The minimum absolute atomic E-state index is 0.151. The van der Waals surface area contributed by atoms with Gasteiger partial charge < -0.3 is 10.1 Å². The summed E-state index contributed by atoms with van der Waals surface area (Å²) in [6.07, 6.45) is 2.80. The fraction of sp³-hybridized carbons (Fsp3) is 0.278. The molecule has 0 spiro atoms. The van der Waals surface area contributed by atoms with Crippen LogP contribution in [-0.4, -0.2) is 51.8 Å². The van der Waals surface area contributed by atoms with E-state index in [0.29, 0.717) is 24.5 Å². The van der Waals surface area contributed by atoms with Gasteiger partial charge in [0.25, 0.3) is 5.91 Å². The maximum Gasteiger partial charge on any atom is 0.254 e. The predicted octanol–water partition coefficient (Wildman–Crippen LogP) is 1.80. The normalized spacial score (nSPS) is 18.3. The Balaban J connectivity index is 1.39. The van der Waals surface area contributed by atoms with Gasteiger partial charge in [-0.05, 0) is 11.6 Å². The molecule has 1 aliphatic rings. The van der Waals surface area contributed by atoms with E-state index in [1.165, 1.54) is 5.56 Å². The first-order valence-electron chi connectivity index (χ1n) is 8.26. The third kappa shape index (κ3) is 3.67. The molecule has 1 atom stereocenters. The second kappa shape index (κ2) is 7.00. The molecule has 1 unspecified atom stereocenters. The summed E-state index contributed by atoms with van der Waals surface area (Å²) >= 11 is 0. The Kier molecular flexibility index (Phi) is 4.41. The first-order chi connectivity index (χ1) is 12.3. The van der Waals surface area contributed by atoms with Crippen molar-refractivity contribution >= 4 is 22.6 Å². The molecule has 1 amide bonds. The number of rotatable bonds is 4. The number of nitrogens with one attached hydrogen (secondary N) is 2. The smallest absolute Gasteiger partial charge is 0.254 e. The van der Waals surface area contributed by atoms with Crippen molar-refractivity contribution in [2.24, 2.45) is 0 Å². The van der Waals surface area contributed by atoms with Crippen LogP contribution in [0.15, 0.2) is 48.8 Å². The van der Waals surface area contributed by atoms with Crippen LogP contribution in [0.1, 0.15) is 5.56 Å². The molecule has 3 aromatic rings. The van der Waals surface area contributed by atoms with Gasteiger partial charge in [0.05, 0.1) is 24.7 Å². The highest BCUT2D eigenvalue weighted by molar-refractivity contribution is 5.95. The maximum atomic E-state index is 12.5. The molecule has 3 heterocycles. The summed E-state index contributed by atoms with van der Waals surface area (Å²) < 4.78 is 5.66. The summed E-state index contributed by atoms with van der Waals surface area (Å²) in [7, 11) is 0. The lowest BCUT2D eigenvalue weighted by Gasteiger charge is -2.32. The molecule has 0 saturated carbocycles. The van der Waals surface area contributed by atoms with Crippen molar-refractivity contribution in [3.63, 3.8) is 0 Å². The third-order valence-electron chi connectivity index (χ3n) is 4.25. The Labute approximate surface area is 145 Å². The Morgan fingerprint density at radius 1 is 1.32 bits per heavy atom. The molecule has 0 radical (unpaired) electrons. The Bertz CT molecular complexity index is 864. The van der Waals surface area contributed by atoms with E-state index in [0.717, 1.165) is 18.5 Å². The number of fused-ring (bicyclic) bond motifs is 1. The van der Waals surface area contributed by atoms with Crippen LogP contribution >= 0.6 is 0 Å². The van der Waals surface area contributed by atoms with Crippen molar-refractivity contribution in [1.29, 1.82) is 0 Å². The number of morpholine rings is 1. The molecule has 1 aliphatic heterocycles. The zero-order valence-electron chi connectivity index (χ0n) is 13.7. The van der Waals surface area contributed by atoms with E-state index in [-0.39, 0.29) is 5.91 Å². The standard InChI is InChI=1S/C18H19N5O2/c24-18(21-15-8-14-9-20-22-17(14)19-10-15)16-12-23(6-7-25-16)11-13-4-2-1-3-5-13/h1-5,8-10,16H,6-7,11-12H2,(H,21,24)(H,19,20,22). The van der Waals surface area contributed by atoms with Gasteiger partial charge in [0.1, 0.15) is 6.10 Å². The Hall–Kier alpha value is -2.77. The van der Waals surface area contributed by atoms with E-state index in [1.54, 1.807) is 12.4 Å². The fourth-order valence-electron chi connectivity index (χ4n) is 2.97. The van der Waals surface area contributed by atoms with E-state index < -0.39 is 6.10 Å². The molecule has 25 heavy (non-hydrogen) atoms. The minimum atomic E-state index is -0.488. The largest absolute Gasteiger partial charge is 0.366 e. The summed E-state index contributed by atoms with van der Waals surface area (Å²) in [4.78, 5) is 19.0. The number of benzene rings is 1. The molecule has 2 aromatic heterocycles. The Morgan fingerprint density at radius 2 is 2.20 bits per heavy atom. The van der Waals surface area contributed by atoms with E-state index in [4.69, 9.17) is 4.74 Å². The molecule has 0 aliphatic carbocycles. The molecule has 128 valence electrons. The number of amides is 1. The lowest BCUT2D eigenvalue weighted by Crippen LogP contribution is -2.47. The second-order valence-corrected chi connectivity index (χ2v) is 6.10. The summed E-state index contributed by atoms with van der Waals surface area (Å²) in [5.74, 6) is -0.151. The van der Waals surface area contributed by atoms with Gasteiger partial charge in [-0.25, -0.2) is 4.98 Å². The van der Waals surface area contributed by atoms with Crippen LogP contribution < -0.4 is 5.32 Å². The maximum absolute atomic E-state index is 12.5. The number of hydrogen-bond donors (Lipinski definition) is 2. The van der Waals surface area contributed by atoms with Gasteiger partial charge in [-0.1, -0.05) is 30.3 Å². The average Bonchev–Trinajstić information content (AvgIpc) is 3.10. The van der Waals surface area contributed by atoms with Gasteiger partial charge in [-0.3, -0.25) is 14.8 Å². The molecular formula is C18H19N5O2. The minimum Gasteiger partial charge on any atom is -0.366 e. The van der Waals surface area contributed by atoms with E-state index >= 15 is 0 Å². The van der Waals surface area contributed by atoms with E-state index in [9.17, 15) is 4.79 Å². The summed E-state index contributed by atoms with van der Waals surface area (Å²) in [5, 5.41) is 10.5. The number of pyridine rings is 1. The first kappa shape index (κ1) is 15.7. The summed E-state index contributed by atoms with van der Waals surface area (Å²) in [5.41, 5.74) is 2.57. The van der Waals surface area contributed by atoms with Crippen molar-refractivity contribution in [3.05, 3.63) is 54.4 Å². The quantitative estimate of drug-likeness (QED) is 0.758. The van der Waals surface area contributed by atoms with Crippen molar-refractivity contribution < 1.29 is 9.53 Å².